The van der Waals surface area contributed by atoms with Crippen molar-refractivity contribution in [1.82, 2.24) is 9.78 Å². The normalized spacial score (nSPS) is 27.2. The molecule has 1 saturated carbocycles. The minimum Gasteiger partial charge on any atom is -0.269 e. The van der Waals surface area contributed by atoms with Gasteiger partial charge in [-0.15, -0.1) is 0 Å². The first-order valence-electron chi connectivity index (χ1n) is 7.88. The molecule has 21 heavy (non-hydrogen) atoms. The Hall–Kier alpha value is -0.360. The van der Waals surface area contributed by atoms with Crippen LogP contribution in [0.2, 0.25) is 0 Å². The number of halogens is 1. The predicted octanol–water partition coefficient (Wildman–Crippen LogP) is 2.99. The molecule has 0 amide bonds. The second-order valence-electron chi connectivity index (χ2n) is 6.51. The monoisotopic (exact) mass is 374 g/mol. The highest BCUT2D eigenvalue weighted by Crippen LogP contribution is 2.31. The van der Waals surface area contributed by atoms with Crippen LogP contribution in [0.25, 0.3) is 0 Å². The summed E-state index contributed by atoms with van der Waals surface area (Å²) in [6.45, 7) is 0. The summed E-state index contributed by atoms with van der Waals surface area (Å²) in [6, 6.07) is 2.69. The Morgan fingerprint density at radius 1 is 1.33 bits per heavy atom. The highest BCUT2D eigenvalue weighted by atomic mass is 79.9. The van der Waals surface area contributed by atoms with Gasteiger partial charge in [-0.25, -0.2) is 8.42 Å². The van der Waals surface area contributed by atoms with Crippen LogP contribution in [0.4, 0.5) is 0 Å². The molecule has 0 radical (unpaired) electrons. The third-order valence-corrected chi connectivity index (χ3v) is 7.59. The van der Waals surface area contributed by atoms with Gasteiger partial charge < -0.3 is 0 Å². The maximum absolute atomic E-state index is 11.7. The molecule has 2 unspecified atom stereocenters. The molecule has 2 atom stereocenters. The van der Waals surface area contributed by atoms with E-state index in [0.717, 1.165) is 23.9 Å². The van der Waals surface area contributed by atoms with Crippen molar-refractivity contribution in [3.8, 4) is 0 Å². The van der Waals surface area contributed by atoms with E-state index in [2.05, 4.69) is 32.9 Å². The van der Waals surface area contributed by atoms with Gasteiger partial charge in [0.05, 0.1) is 23.2 Å². The van der Waals surface area contributed by atoms with Gasteiger partial charge in [0.25, 0.3) is 0 Å². The van der Waals surface area contributed by atoms with E-state index < -0.39 is 9.84 Å². The topological polar surface area (TPSA) is 52.0 Å². The van der Waals surface area contributed by atoms with Gasteiger partial charge in [0.15, 0.2) is 9.84 Å². The predicted molar refractivity (Wildman–Crippen MR) is 87.5 cm³/mol. The number of hydrogen-bond donors (Lipinski definition) is 0. The first kappa shape index (κ1) is 15.5. The second-order valence-corrected chi connectivity index (χ2v) is 9.38. The van der Waals surface area contributed by atoms with E-state index in [1.165, 1.54) is 25.7 Å². The molecule has 0 N–H and O–H groups in total. The van der Waals surface area contributed by atoms with Crippen LogP contribution < -0.4 is 0 Å². The van der Waals surface area contributed by atoms with Crippen LogP contribution in [-0.2, 0) is 16.3 Å². The molecule has 2 aliphatic rings. The van der Waals surface area contributed by atoms with Gasteiger partial charge in [0, 0.05) is 11.5 Å². The molecule has 1 saturated heterocycles. The van der Waals surface area contributed by atoms with Crippen LogP contribution in [0, 0.1) is 11.8 Å². The molecule has 1 aromatic rings. The SMILES string of the molecule is O=S1(=O)CCC(C(CBr)Cc2ccn(C3CCCC3)n2)C1. The Kier molecular flexibility index (Phi) is 4.74. The minimum atomic E-state index is -2.80. The molecule has 1 aromatic heterocycles. The molecule has 118 valence electrons. The van der Waals surface area contributed by atoms with Crippen molar-refractivity contribution >= 4 is 25.8 Å². The number of hydrogen-bond acceptors (Lipinski definition) is 3. The van der Waals surface area contributed by atoms with Crippen LogP contribution in [0.15, 0.2) is 12.3 Å². The highest BCUT2D eigenvalue weighted by Gasteiger charge is 2.33. The van der Waals surface area contributed by atoms with Gasteiger partial charge in [-0.1, -0.05) is 28.8 Å². The molecular formula is C15H23BrN2O2S. The summed E-state index contributed by atoms with van der Waals surface area (Å²) in [6.07, 6.45) is 8.89. The fraction of sp³-hybridized carbons (Fsp3) is 0.800. The molecule has 0 spiro atoms. The van der Waals surface area contributed by atoms with Crippen LogP contribution in [0.1, 0.15) is 43.8 Å². The molecule has 4 nitrogen and oxygen atoms in total. The van der Waals surface area contributed by atoms with Crippen LogP contribution in [0.3, 0.4) is 0 Å². The van der Waals surface area contributed by atoms with Crippen LogP contribution in [0.5, 0.6) is 0 Å². The molecule has 1 aliphatic carbocycles. The summed E-state index contributed by atoms with van der Waals surface area (Å²) in [5.41, 5.74) is 1.11. The average Bonchev–Trinajstić information content (AvgIpc) is 3.15. The molecule has 3 rings (SSSR count). The van der Waals surface area contributed by atoms with E-state index in [-0.39, 0.29) is 5.92 Å². The molecule has 1 aliphatic heterocycles. The van der Waals surface area contributed by atoms with E-state index in [9.17, 15) is 8.42 Å². The lowest BCUT2D eigenvalue weighted by Gasteiger charge is -2.19. The van der Waals surface area contributed by atoms with E-state index >= 15 is 0 Å². The van der Waals surface area contributed by atoms with Gasteiger partial charge in [0.1, 0.15) is 0 Å². The number of sulfone groups is 1. The smallest absolute Gasteiger partial charge is 0.150 e. The van der Waals surface area contributed by atoms with Crippen molar-refractivity contribution in [2.45, 2.75) is 44.6 Å². The van der Waals surface area contributed by atoms with E-state index in [4.69, 9.17) is 5.10 Å². The van der Waals surface area contributed by atoms with E-state index in [1.807, 2.05) is 0 Å². The van der Waals surface area contributed by atoms with Crippen molar-refractivity contribution < 1.29 is 8.42 Å². The van der Waals surface area contributed by atoms with Crippen LogP contribution >= 0.6 is 15.9 Å². The maximum atomic E-state index is 11.7. The quantitative estimate of drug-likeness (QED) is 0.744. The molecule has 6 heteroatoms. The Morgan fingerprint density at radius 2 is 2.10 bits per heavy atom. The third kappa shape index (κ3) is 3.70. The lowest BCUT2D eigenvalue weighted by Crippen LogP contribution is -2.20. The summed E-state index contributed by atoms with van der Waals surface area (Å²) in [4.78, 5) is 0. The number of nitrogens with zero attached hydrogens (tertiary/aromatic N) is 2. The summed E-state index contributed by atoms with van der Waals surface area (Å²) < 4.78 is 25.4. The zero-order valence-corrected chi connectivity index (χ0v) is 14.7. The summed E-state index contributed by atoms with van der Waals surface area (Å²) in [5.74, 6) is 1.37. The number of rotatable bonds is 5. The summed E-state index contributed by atoms with van der Waals surface area (Å²) in [5, 5.41) is 5.58. The Morgan fingerprint density at radius 3 is 2.71 bits per heavy atom. The van der Waals surface area contributed by atoms with Gasteiger partial charge >= 0.3 is 0 Å². The number of alkyl halides is 1. The minimum absolute atomic E-state index is 0.283. The zero-order chi connectivity index (χ0) is 14.9. The third-order valence-electron chi connectivity index (χ3n) is 4.97. The molecule has 2 heterocycles. The van der Waals surface area contributed by atoms with Gasteiger partial charge in [0.2, 0.25) is 0 Å². The number of aromatic nitrogens is 2. The standard InChI is InChI=1S/C15H23BrN2O2S/c16-10-13(12-6-8-21(19,20)11-12)9-14-5-7-18(17-14)15-3-1-2-4-15/h5,7,12-13,15H,1-4,6,8-11H2. The van der Waals surface area contributed by atoms with Crippen molar-refractivity contribution in [3.05, 3.63) is 18.0 Å². The van der Waals surface area contributed by atoms with Crippen molar-refractivity contribution in [2.24, 2.45) is 11.8 Å². The summed E-state index contributed by atoms with van der Waals surface area (Å²) >= 11 is 3.56. The van der Waals surface area contributed by atoms with Crippen molar-refractivity contribution in [3.63, 3.8) is 0 Å². The lowest BCUT2D eigenvalue weighted by atomic mass is 9.90. The molecular weight excluding hydrogens is 352 g/mol. The molecule has 0 aromatic carbocycles. The first-order valence-corrected chi connectivity index (χ1v) is 10.8. The van der Waals surface area contributed by atoms with E-state index in [1.54, 1.807) is 0 Å². The van der Waals surface area contributed by atoms with Gasteiger partial charge in [-0.05, 0) is 43.6 Å². The second kappa shape index (κ2) is 6.41. The molecule has 0 bridgehead atoms. The maximum Gasteiger partial charge on any atom is 0.150 e. The van der Waals surface area contributed by atoms with Crippen LogP contribution in [-0.4, -0.2) is 35.0 Å². The largest absolute Gasteiger partial charge is 0.269 e. The van der Waals surface area contributed by atoms with Gasteiger partial charge in [-0.3, -0.25) is 4.68 Å². The summed E-state index contributed by atoms with van der Waals surface area (Å²) in [7, 11) is -2.80. The van der Waals surface area contributed by atoms with E-state index in [0.29, 0.717) is 23.5 Å². The lowest BCUT2D eigenvalue weighted by molar-refractivity contribution is 0.393. The first-order chi connectivity index (χ1) is 10.1. The zero-order valence-electron chi connectivity index (χ0n) is 12.2. The fourth-order valence-electron chi connectivity index (χ4n) is 3.67. The average molecular weight is 375 g/mol. The highest BCUT2D eigenvalue weighted by molar-refractivity contribution is 9.09. The van der Waals surface area contributed by atoms with Crippen molar-refractivity contribution in [2.75, 3.05) is 16.8 Å². The Labute approximate surface area is 135 Å². The Bertz CT molecular complexity index is 578. The van der Waals surface area contributed by atoms with Crippen molar-refractivity contribution in [1.29, 1.82) is 0 Å². The van der Waals surface area contributed by atoms with Gasteiger partial charge in [-0.2, -0.15) is 5.10 Å². The Balaban J connectivity index is 1.64. The fourth-order valence-corrected chi connectivity index (χ4v) is 6.35. The molecule has 2 fully saturated rings.